The number of hydrogen-bond donors (Lipinski definition) is 2. The number of aromatic nitrogens is 2. The number of hydrogen-bond acceptors (Lipinski definition) is 5. The molecule has 0 unspecified atom stereocenters. The second kappa shape index (κ2) is 5.03. The number of nitrogens with two attached hydrogens (primary N) is 1. The first kappa shape index (κ1) is 11.7. The van der Waals surface area contributed by atoms with Gasteiger partial charge in [-0.25, -0.2) is 4.98 Å². The highest BCUT2D eigenvalue weighted by molar-refractivity contribution is 7.09. The summed E-state index contributed by atoms with van der Waals surface area (Å²) in [5, 5.41) is 5.21. The molecule has 3 N–H and O–H groups in total. The maximum absolute atomic E-state index is 11.9. The summed E-state index contributed by atoms with van der Waals surface area (Å²) in [5.74, 6) is -0.239. The monoisotopic (exact) mass is 248 g/mol. The zero-order valence-electron chi connectivity index (χ0n) is 9.30. The molecule has 0 radical (unpaired) electrons. The molecule has 0 aromatic carbocycles. The predicted octanol–water partition coefficient (Wildman–Crippen LogP) is 1.56. The van der Waals surface area contributed by atoms with Crippen molar-refractivity contribution in [1.29, 1.82) is 0 Å². The molecular weight excluding hydrogens is 236 g/mol. The van der Waals surface area contributed by atoms with E-state index in [9.17, 15) is 4.79 Å². The lowest BCUT2D eigenvalue weighted by atomic mass is 10.3. The van der Waals surface area contributed by atoms with E-state index in [1.165, 1.54) is 11.3 Å². The lowest BCUT2D eigenvalue weighted by Crippen LogP contribution is -2.13. The summed E-state index contributed by atoms with van der Waals surface area (Å²) in [6.07, 6.45) is 1.68. The molecule has 0 aliphatic heterocycles. The zero-order chi connectivity index (χ0) is 12.3. The van der Waals surface area contributed by atoms with Gasteiger partial charge in [0.25, 0.3) is 5.91 Å². The van der Waals surface area contributed by atoms with Gasteiger partial charge in [-0.1, -0.05) is 0 Å². The van der Waals surface area contributed by atoms with E-state index in [0.717, 1.165) is 10.7 Å². The standard InChI is InChI=1S/C11H12N4OS/c1-7-8(3-2-4-13-7)15-11(16)9-6-17-10(5-12)14-9/h2-4,6H,5,12H2,1H3,(H,15,16). The highest BCUT2D eigenvalue weighted by Gasteiger charge is 2.11. The number of nitrogens with zero attached hydrogens (tertiary/aromatic N) is 2. The predicted molar refractivity (Wildman–Crippen MR) is 66.9 cm³/mol. The van der Waals surface area contributed by atoms with Crippen molar-refractivity contribution in [2.24, 2.45) is 5.73 Å². The van der Waals surface area contributed by atoms with Crippen LogP contribution in [0.25, 0.3) is 0 Å². The molecule has 2 heterocycles. The highest BCUT2D eigenvalue weighted by Crippen LogP contribution is 2.14. The number of amides is 1. The van der Waals surface area contributed by atoms with Crippen molar-refractivity contribution in [2.75, 3.05) is 5.32 Å². The average molecular weight is 248 g/mol. The Labute approximate surface area is 103 Å². The minimum Gasteiger partial charge on any atom is -0.325 e. The number of rotatable bonds is 3. The number of nitrogens with one attached hydrogen (secondary N) is 1. The topological polar surface area (TPSA) is 80.9 Å². The maximum atomic E-state index is 11.9. The molecule has 2 aromatic heterocycles. The minimum atomic E-state index is -0.239. The maximum Gasteiger partial charge on any atom is 0.275 e. The van der Waals surface area contributed by atoms with Crippen molar-refractivity contribution in [2.45, 2.75) is 13.5 Å². The van der Waals surface area contributed by atoms with E-state index in [2.05, 4.69) is 15.3 Å². The third kappa shape index (κ3) is 2.66. The van der Waals surface area contributed by atoms with E-state index in [0.29, 0.717) is 17.9 Å². The fourth-order valence-corrected chi connectivity index (χ4v) is 1.97. The van der Waals surface area contributed by atoms with Crippen LogP contribution in [0.2, 0.25) is 0 Å². The number of carbonyl (C=O) groups excluding carboxylic acids is 1. The smallest absolute Gasteiger partial charge is 0.275 e. The summed E-state index contributed by atoms with van der Waals surface area (Å²) < 4.78 is 0. The van der Waals surface area contributed by atoms with Crippen molar-refractivity contribution < 1.29 is 4.79 Å². The van der Waals surface area contributed by atoms with Gasteiger partial charge in [-0.05, 0) is 19.1 Å². The van der Waals surface area contributed by atoms with Gasteiger partial charge in [0.15, 0.2) is 0 Å². The molecule has 88 valence electrons. The Hall–Kier alpha value is -1.79. The molecule has 17 heavy (non-hydrogen) atoms. The summed E-state index contributed by atoms with van der Waals surface area (Å²) >= 11 is 1.38. The van der Waals surface area contributed by atoms with Gasteiger partial charge in [-0.2, -0.15) is 0 Å². The molecule has 0 saturated heterocycles. The summed E-state index contributed by atoms with van der Waals surface area (Å²) in [6, 6.07) is 3.57. The van der Waals surface area contributed by atoms with E-state index in [1.807, 2.05) is 6.92 Å². The molecular formula is C11H12N4OS. The fraction of sp³-hybridized carbons (Fsp3) is 0.182. The molecule has 1 amide bonds. The molecule has 0 aliphatic carbocycles. The third-order valence-electron chi connectivity index (χ3n) is 2.21. The summed E-state index contributed by atoms with van der Waals surface area (Å²) in [6.45, 7) is 2.19. The molecule has 5 nitrogen and oxygen atoms in total. The van der Waals surface area contributed by atoms with E-state index in [1.54, 1.807) is 23.7 Å². The van der Waals surface area contributed by atoms with Crippen LogP contribution >= 0.6 is 11.3 Å². The van der Waals surface area contributed by atoms with Crippen LogP contribution in [0, 0.1) is 6.92 Å². The molecule has 0 aliphatic rings. The second-order valence-electron chi connectivity index (χ2n) is 3.42. The van der Waals surface area contributed by atoms with Crippen LogP contribution in [0.3, 0.4) is 0 Å². The van der Waals surface area contributed by atoms with E-state index in [-0.39, 0.29) is 5.91 Å². The quantitative estimate of drug-likeness (QED) is 0.863. The van der Waals surface area contributed by atoms with Crippen molar-refractivity contribution in [3.8, 4) is 0 Å². The van der Waals surface area contributed by atoms with Gasteiger partial charge >= 0.3 is 0 Å². The SMILES string of the molecule is Cc1ncccc1NC(=O)c1csc(CN)n1. The normalized spacial score (nSPS) is 10.2. The Bertz CT molecular complexity index is 538. The Morgan fingerprint density at radius 1 is 1.59 bits per heavy atom. The van der Waals surface area contributed by atoms with E-state index < -0.39 is 0 Å². The number of thiazole rings is 1. The molecule has 0 bridgehead atoms. The Kier molecular flexibility index (Phi) is 3.46. The molecule has 2 rings (SSSR count). The lowest BCUT2D eigenvalue weighted by Gasteiger charge is -2.05. The van der Waals surface area contributed by atoms with Gasteiger partial charge in [0.1, 0.15) is 10.7 Å². The second-order valence-corrected chi connectivity index (χ2v) is 4.36. The van der Waals surface area contributed by atoms with Gasteiger partial charge in [-0.15, -0.1) is 11.3 Å². The van der Waals surface area contributed by atoms with E-state index in [4.69, 9.17) is 5.73 Å². The van der Waals surface area contributed by atoms with Gasteiger partial charge < -0.3 is 11.1 Å². The van der Waals surface area contributed by atoms with Crippen molar-refractivity contribution >= 4 is 22.9 Å². The first-order chi connectivity index (χ1) is 8.20. The summed E-state index contributed by atoms with van der Waals surface area (Å²) in [4.78, 5) is 20.1. The molecule has 0 fully saturated rings. The van der Waals surface area contributed by atoms with E-state index >= 15 is 0 Å². The average Bonchev–Trinajstić information content (AvgIpc) is 2.81. The Morgan fingerprint density at radius 3 is 3.06 bits per heavy atom. The number of carbonyl (C=O) groups is 1. The summed E-state index contributed by atoms with van der Waals surface area (Å²) in [5.41, 5.74) is 7.30. The molecule has 6 heteroatoms. The lowest BCUT2D eigenvalue weighted by molar-refractivity contribution is 0.102. The van der Waals surface area contributed by atoms with Crippen LogP contribution in [-0.4, -0.2) is 15.9 Å². The van der Waals surface area contributed by atoms with Crippen LogP contribution < -0.4 is 11.1 Å². The molecule has 2 aromatic rings. The highest BCUT2D eigenvalue weighted by atomic mass is 32.1. The first-order valence-corrected chi connectivity index (χ1v) is 5.96. The van der Waals surface area contributed by atoms with Gasteiger partial charge in [-0.3, -0.25) is 9.78 Å². The van der Waals surface area contributed by atoms with Gasteiger partial charge in [0.05, 0.1) is 11.4 Å². The van der Waals surface area contributed by atoms with Crippen LogP contribution in [-0.2, 0) is 6.54 Å². The molecule has 0 saturated carbocycles. The Morgan fingerprint density at radius 2 is 2.41 bits per heavy atom. The number of aryl methyl sites for hydroxylation is 1. The zero-order valence-corrected chi connectivity index (χ0v) is 10.1. The number of pyridine rings is 1. The van der Waals surface area contributed by atoms with Crippen molar-refractivity contribution in [3.05, 3.63) is 40.1 Å². The fourth-order valence-electron chi connectivity index (χ4n) is 1.31. The largest absolute Gasteiger partial charge is 0.325 e. The Balaban J connectivity index is 2.14. The van der Waals surface area contributed by atoms with Crippen LogP contribution in [0.1, 0.15) is 21.2 Å². The van der Waals surface area contributed by atoms with Gasteiger partial charge in [0.2, 0.25) is 0 Å². The van der Waals surface area contributed by atoms with Crippen LogP contribution in [0.4, 0.5) is 5.69 Å². The minimum absolute atomic E-state index is 0.239. The van der Waals surface area contributed by atoms with Crippen LogP contribution in [0.15, 0.2) is 23.7 Å². The third-order valence-corrected chi connectivity index (χ3v) is 3.09. The van der Waals surface area contributed by atoms with Crippen molar-refractivity contribution in [3.63, 3.8) is 0 Å². The van der Waals surface area contributed by atoms with Crippen molar-refractivity contribution in [1.82, 2.24) is 9.97 Å². The van der Waals surface area contributed by atoms with Gasteiger partial charge in [0, 0.05) is 18.1 Å². The number of anilines is 1. The first-order valence-electron chi connectivity index (χ1n) is 5.08. The van der Waals surface area contributed by atoms with Crippen LogP contribution in [0.5, 0.6) is 0 Å². The molecule has 0 atom stereocenters. The molecule has 0 spiro atoms. The summed E-state index contributed by atoms with van der Waals surface area (Å²) in [7, 11) is 0.